The van der Waals surface area contributed by atoms with E-state index in [0.717, 1.165) is 44.6 Å². The van der Waals surface area contributed by atoms with Crippen LogP contribution in [0, 0.1) is 11.6 Å². The molecule has 0 unspecified atom stereocenters. The molecule has 3 rings (SSSR count). The molecule has 0 bridgehead atoms. The van der Waals surface area contributed by atoms with Gasteiger partial charge in [0.25, 0.3) is 0 Å². The largest absolute Gasteiger partial charge is 0.363 e. The molecule has 0 aliphatic heterocycles. The Morgan fingerprint density at radius 2 is 1.60 bits per heavy atom. The van der Waals surface area contributed by atoms with Crippen LogP contribution in [0.5, 0.6) is 0 Å². The van der Waals surface area contributed by atoms with Gasteiger partial charge >= 0.3 is 0 Å². The van der Waals surface area contributed by atoms with Crippen molar-refractivity contribution in [3.63, 3.8) is 0 Å². The Balaban J connectivity index is 1.79. The van der Waals surface area contributed by atoms with Crippen LogP contribution < -0.4 is 10.2 Å². The van der Waals surface area contributed by atoms with Crippen LogP contribution in [0.4, 0.5) is 14.5 Å². The molecule has 2 nitrogen and oxygen atoms in total. The van der Waals surface area contributed by atoms with Crippen molar-refractivity contribution in [1.29, 1.82) is 0 Å². The molecule has 0 saturated heterocycles. The first-order valence-electron chi connectivity index (χ1n) is 7.59. The maximum Gasteiger partial charge on any atom is 0.149 e. The monoisotopic (exact) mass is 280 g/mol. The van der Waals surface area contributed by atoms with Crippen LogP contribution >= 0.6 is 0 Å². The van der Waals surface area contributed by atoms with Crippen molar-refractivity contribution < 1.29 is 8.78 Å². The van der Waals surface area contributed by atoms with E-state index in [-0.39, 0.29) is 0 Å². The van der Waals surface area contributed by atoms with Crippen LogP contribution in [0.3, 0.4) is 0 Å². The highest BCUT2D eigenvalue weighted by Gasteiger charge is 2.37. The molecule has 2 fully saturated rings. The van der Waals surface area contributed by atoms with Crippen LogP contribution in [0.15, 0.2) is 18.2 Å². The first kappa shape index (κ1) is 13.8. The predicted molar refractivity (Wildman–Crippen MR) is 77.0 cm³/mol. The zero-order valence-electron chi connectivity index (χ0n) is 11.9. The summed E-state index contributed by atoms with van der Waals surface area (Å²) in [5.74, 6) is -0.923. The molecule has 0 aromatic heterocycles. The first-order valence-corrected chi connectivity index (χ1v) is 7.59. The molecule has 4 heteroatoms. The minimum atomic E-state index is -0.499. The standard InChI is InChI=1S/C16H22F2N2/c1-19-12-3-5-13(6-4-12)20(14-7-8-14)16-9-2-11(17)10-15(16)18/h2,9-10,12-14,19H,3-8H2,1H3. The summed E-state index contributed by atoms with van der Waals surface area (Å²) in [6.07, 6.45) is 6.68. The number of halogens is 2. The second kappa shape index (κ2) is 5.68. The molecule has 1 N–H and O–H groups in total. The molecule has 0 amide bonds. The van der Waals surface area contributed by atoms with Crippen molar-refractivity contribution in [2.45, 2.75) is 56.7 Å². The topological polar surface area (TPSA) is 15.3 Å². The van der Waals surface area contributed by atoms with Crippen LogP contribution in [-0.2, 0) is 0 Å². The average molecular weight is 280 g/mol. The molecule has 0 heterocycles. The van der Waals surface area contributed by atoms with E-state index in [1.807, 2.05) is 7.05 Å². The van der Waals surface area contributed by atoms with Gasteiger partial charge in [-0.05, 0) is 57.7 Å². The summed E-state index contributed by atoms with van der Waals surface area (Å²) in [5, 5.41) is 3.32. The molecule has 2 saturated carbocycles. The molecule has 1 aromatic rings. The molecule has 2 aliphatic rings. The van der Waals surface area contributed by atoms with E-state index in [0.29, 0.717) is 23.8 Å². The van der Waals surface area contributed by atoms with E-state index in [9.17, 15) is 8.78 Å². The van der Waals surface area contributed by atoms with Gasteiger partial charge in [-0.25, -0.2) is 8.78 Å². The van der Waals surface area contributed by atoms with Crippen molar-refractivity contribution in [2.75, 3.05) is 11.9 Å². The summed E-state index contributed by atoms with van der Waals surface area (Å²) < 4.78 is 27.2. The fourth-order valence-corrected chi connectivity index (χ4v) is 3.38. The highest BCUT2D eigenvalue weighted by atomic mass is 19.1. The zero-order chi connectivity index (χ0) is 14.1. The lowest BCUT2D eigenvalue weighted by atomic mass is 9.89. The molecule has 2 aliphatic carbocycles. The van der Waals surface area contributed by atoms with Crippen molar-refractivity contribution in [3.05, 3.63) is 29.8 Å². The van der Waals surface area contributed by atoms with E-state index in [1.165, 1.54) is 6.07 Å². The summed E-state index contributed by atoms with van der Waals surface area (Å²) in [6, 6.07) is 5.41. The highest BCUT2D eigenvalue weighted by Crippen LogP contribution is 2.38. The lowest BCUT2D eigenvalue weighted by Crippen LogP contribution is -2.43. The Labute approximate surface area is 119 Å². The lowest BCUT2D eigenvalue weighted by Gasteiger charge is -2.38. The third-order valence-electron chi connectivity index (χ3n) is 4.63. The van der Waals surface area contributed by atoms with Gasteiger partial charge < -0.3 is 10.2 Å². The Hall–Kier alpha value is -1.16. The smallest absolute Gasteiger partial charge is 0.149 e. The Morgan fingerprint density at radius 1 is 1.00 bits per heavy atom. The van der Waals surface area contributed by atoms with E-state index in [4.69, 9.17) is 0 Å². The van der Waals surface area contributed by atoms with E-state index >= 15 is 0 Å². The van der Waals surface area contributed by atoms with Gasteiger partial charge in [0.15, 0.2) is 0 Å². The fourth-order valence-electron chi connectivity index (χ4n) is 3.38. The molecular formula is C16H22F2N2. The molecule has 0 atom stereocenters. The number of nitrogens with one attached hydrogen (secondary N) is 1. The Bertz CT molecular complexity index is 466. The van der Waals surface area contributed by atoms with Gasteiger partial charge in [-0.1, -0.05) is 0 Å². The van der Waals surface area contributed by atoms with Gasteiger partial charge in [-0.15, -0.1) is 0 Å². The van der Waals surface area contributed by atoms with Gasteiger partial charge in [-0.3, -0.25) is 0 Å². The minimum absolute atomic E-state index is 0.395. The highest BCUT2D eigenvalue weighted by molar-refractivity contribution is 5.51. The number of anilines is 1. The third kappa shape index (κ3) is 2.80. The van der Waals surface area contributed by atoms with Crippen LogP contribution in [0.1, 0.15) is 38.5 Å². The molecule has 1 aromatic carbocycles. The lowest BCUT2D eigenvalue weighted by molar-refractivity contribution is 0.341. The zero-order valence-corrected chi connectivity index (χ0v) is 11.9. The van der Waals surface area contributed by atoms with Gasteiger partial charge in [-0.2, -0.15) is 0 Å². The average Bonchev–Trinajstić information content (AvgIpc) is 3.27. The SMILES string of the molecule is CNC1CCC(N(c2ccc(F)cc2F)C2CC2)CC1. The van der Waals surface area contributed by atoms with Gasteiger partial charge in [0, 0.05) is 24.2 Å². The predicted octanol–water partition coefficient (Wildman–Crippen LogP) is 3.46. The molecule has 0 radical (unpaired) electrons. The summed E-state index contributed by atoms with van der Waals surface area (Å²) in [6.45, 7) is 0. The number of hydrogen-bond donors (Lipinski definition) is 1. The summed E-state index contributed by atoms with van der Waals surface area (Å²) in [7, 11) is 2.00. The number of benzene rings is 1. The maximum absolute atomic E-state index is 14.1. The number of rotatable bonds is 4. The molecule has 0 spiro atoms. The second-order valence-corrected chi connectivity index (χ2v) is 6.03. The number of hydrogen-bond acceptors (Lipinski definition) is 2. The van der Waals surface area contributed by atoms with Crippen molar-refractivity contribution in [1.82, 2.24) is 5.32 Å². The van der Waals surface area contributed by atoms with E-state index in [2.05, 4.69) is 10.2 Å². The van der Waals surface area contributed by atoms with E-state index < -0.39 is 11.6 Å². The van der Waals surface area contributed by atoms with Gasteiger partial charge in [0.2, 0.25) is 0 Å². The molecule has 20 heavy (non-hydrogen) atoms. The summed E-state index contributed by atoms with van der Waals surface area (Å²) in [5.41, 5.74) is 0.585. The van der Waals surface area contributed by atoms with Crippen LogP contribution in [0.25, 0.3) is 0 Å². The van der Waals surface area contributed by atoms with Gasteiger partial charge in [0.05, 0.1) is 5.69 Å². The third-order valence-corrected chi connectivity index (χ3v) is 4.63. The second-order valence-electron chi connectivity index (χ2n) is 6.03. The Kier molecular flexibility index (Phi) is 3.92. The van der Waals surface area contributed by atoms with E-state index in [1.54, 1.807) is 6.07 Å². The van der Waals surface area contributed by atoms with Crippen molar-refractivity contribution >= 4 is 5.69 Å². The molecule has 110 valence electrons. The van der Waals surface area contributed by atoms with Crippen molar-refractivity contribution in [2.24, 2.45) is 0 Å². The normalized spacial score (nSPS) is 26.6. The molecular weight excluding hydrogens is 258 g/mol. The van der Waals surface area contributed by atoms with Crippen molar-refractivity contribution in [3.8, 4) is 0 Å². The quantitative estimate of drug-likeness (QED) is 0.908. The van der Waals surface area contributed by atoms with Crippen LogP contribution in [0.2, 0.25) is 0 Å². The fraction of sp³-hybridized carbons (Fsp3) is 0.625. The maximum atomic E-state index is 14.1. The minimum Gasteiger partial charge on any atom is -0.363 e. The van der Waals surface area contributed by atoms with Crippen LogP contribution in [-0.4, -0.2) is 25.2 Å². The van der Waals surface area contributed by atoms with Gasteiger partial charge in [0.1, 0.15) is 11.6 Å². The number of nitrogens with zero attached hydrogens (tertiary/aromatic N) is 1. The summed E-state index contributed by atoms with van der Waals surface area (Å²) >= 11 is 0. The summed E-state index contributed by atoms with van der Waals surface area (Å²) in [4.78, 5) is 2.22. The Morgan fingerprint density at radius 3 is 2.10 bits per heavy atom. The first-order chi connectivity index (χ1) is 9.69.